The smallest absolute Gasteiger partial charge is 0.257 e. The number of nitrogens with one attached hydrogen (secondary N) is 1. The van der Waals surface area contributed by atoms with Gasteiger partial charge in [-0.1, -0.05) is 12.1 Å². The highest BCUT2D eigenvalue weighted by atomic mass is 19.1. The third-order valence-corrected chi connectivity index (χ3v) is 3.38. The molecule has 1 aliphatic rings. The second-order valence-corrected chi connectivity index (χ2v) is 4.67. The van der Waals surface area contributed by atoms with Crippen LogP contribution in [0.15, 0.2) is 30.5 Å². The van der Waals surface area contributed by atoms with Crippen LogP contribution in [0.1, 0.15) is 23.2 Å². The van der Waals surface area contributed by atoms with Crippen LogP contribution in [0.4, 0.5) is 4.39 Å². The van der Waals surface area contributed by atoms with E-state index in [0.717, 1.165) is 25.9 Å². The number of aromatic nitrogens is 2. The Bertz CT molecular complexity index is 602. The zero-order valence-electron chi connectivity index (χ0n) is 10.4. The Morgan fingerprint density at radius 2 is 2.11 bits per heavy atom. The third-order valence-electron chi connectivity index (χ3n) is 3.38. The van der Waals surface area contributed by atoms with Crippen LogP contribution < -0.4 is 0 Å². The number of hydrogen-bond acceptors (Lipinski definition) is 2. The van der Waals surface area contributed by atoms with Crippen molar-refractivity contribution in [1.29, 1.82) is 0 Å². The van der Waals surface area contributed by atoms with Gasteiger partial charge in [0.1, 0.15) is 5.82 Å². The van der Waals surface area contributed by atoms with Crippen LogP contribution in [0.5, 0.6) is 0 Å². The number of amides is 1. The molecule has 0 unspecified atom stereocenters. The predicted molar refractivity (Wildman–Crippen MR) is 69.1 cm³/mol. The summed E-state index contributed by atoms with van der Waals surface area (Å²) in [5, 5.41) is 6.72. The Labute approximate surface area is 110 Å². The summed E-state index contributed by atoms with van der Waals surface area (Å²) in [5.41, 5.74) is 1.73. The van der Waals surface area contributed by atoms with Crippen molar-refractivity contribution in [3.8, 4) is 11.3 Å². The molecular formula is C14H14FN3O. The van der Waals surface area contributed by atoms with Gasteiger partial charge in [0.05, 0.1) is 17.5 Å². The fraction of sp³-hybridized carbons (Fsp3) is 0.286. The summed E-state index contributed by atoms with van der Waals surface area (Å²) in [6, 6.07) is 6.16. The average molecular weight is 259 g/mol. The van der Waals surface area contributed by atoms with Gasteiger partial charge in [-0.15, -0.1) is 0 Å². The molecule has 1 amide bonds. The van der Waals surface area contributed by atoms with E-state index >= 15 is 0 Å². The molecule has 19 heavy (non-hydrogen) atoms. The van der Waals surface area contributed by atoms with Gasteiger partial charge in [-0.25, -0.2) is 4.39 Å². The van der Waals surface area contributed by atoms with Crippen molar-refractivity contribution >= 4 is 5.91 Å². The predicted octanol–water partition coefficient (Wildman–Crippen LogP) is 2.45. The first-order valence-electron chi connectivity index (χ1n) is 6.34. The Kier molecular flexibility index (Phi) is 3.03. The lowest BCUT2D eigenvalue weighted by molar-refractivity contribution is 0.0793. The fourth-order valence-electron chi connectivity index (χ4n) is 2.40. The molecule has 1 fully saturated rings. The van der Waals surface area contributed by atoms with Crippen LogP contribution in [0.3, 0.4) is 0 Å². The van der Waals surface area contributed by atoms with Crippen molar-refractivity contribution in [3.05, 3.63) is 41.8 Å². The number of carbonyl (C=O) groups excluding carboxylic acids is 1. The summed E-state index contributed by atoms with van der Waals surface area (Å²) >= 11 is 0. The minimum Gasteiger partial charge on any atom is -0.339 e. The van der Waals surface area contributed by atoms with E-state index < -0.39 is 0 Å². The van der Waals surface area contributed by atoms with Gasteiger partial charge in [0, 0.05) is 18.7 Å². The van der Waals surface area contributed by atoms with Gasteiger partial charge in [-0.2, -0.15) is 5.10 Å². The Morgan fingerprint density at radius 1 is 1.32 bits per heavy atom. The number of halogens is 1. The van der Waals surface area contributed by atoms with Gasteiger partial charge < -0.3 is 4.90 Å². The lowest BCUT2D eigenvalue weighted by Crippen LogP contribution is -2.27. The molecule has 98 valence electrons. The van der Waals surface area contributed by atoms with Crippen molar-refractivity contribution in [2.45, 2.75) is 12.8 Å². The van der Waals surface area contributed by atoms with Crippen LogP contribution in [0.25, 0.3) is 11.3 Å². The van der Waals surface area contributed by atoms with E-state index in [1.165, 1.54) is 18.3 Å². The molecule has 0 atom stereocenters. The highest BCUT2D eigenvalue weighted by Crippen LogP contribution is 2.24. The molecule has 5 heteroatoms. The number of likely N-dealkylation sites (tertiary alicyclic amines) is 1. The molecule has 2 aromatic rings. The molecule has 2 heterocycles. The third kappa shape index (κ3) is 2.23. The second kappa shape index (κ2) is 4.84. The fourth-order valence-corrected chi connectivity index (χ4v) is 2.40. The maximum atomic E-state index is 13.3. The maximum Gasteiger partial charge on any atom is 0.257 e. The van der Waals surface area contributed by atoms with Crippen LogP contribution in [-0.4, -0.2) is 34.1 Å². The first-order chi connectivity index (χ1) is 9.25. The van der Waals surface area contributed by atoms with Crippen molar-refractivity contribution in [1.82, 2.24) is 15.1 Å². The zero-order chi connectivity index (χ0) is 13.2. The van der Waals surface area contributed by atoms with Crippen molar-refractivity contribution < 1.29 is 9.18 Å². The second-order valence-electron chi connectivity index (χ2n) is 4.67. The molecule has 0 aliphatic carbocycles. The van der Waals surface area contributed by atoms with Gasteiger partial charge >= 0.3 is 0 Å². The lowest BCUT2D eigenvalue weighted by Gasteiger charge is -2.14. The topological polar surface area (TPSA) is 49.0 Å². The Balaban J connectivity index is 1.96. The SMILES string of the molecule is O=C(c1cn[nH]c1-c1cccc(F)c1)N1CCCC1. The summed E-state index contributed by atoms with van der Waals surface area (Å²) in [6.07, 6.45) is 3.60. The molecule has 3 rings (SSSR count). The number of aromatic amines is 1. The quantitative estimate of drug-likeness (QED) is 0.900. The molecule has 1 aliphatic heterocycles. The molecule has 1 aromatic heterocycles. The Hall–Kier alpha value is -2.17. The summed E-state index contributed by atoms with van der Waals surface area (Å²) in [5.74, 6) is -0.364. The minimum atomic E-state index is -0.327. The van der Waals surface area contributed by atoms with E-state index in [1.807, 2.05) is 4.90 Å². The lowest BCUT2D eigenvalue weighted by atomic mass is 10.1. The molecule has 0 radical (unpaired) electrons. The average Bonchev–Trinajstić information content (AvgIpc) is 3.09. The maximum absolute atomic E-state index is 13.3. The van der Waals surface area contributed by atoms with Crippen LogP contribution in [0.2, 0.25) is 0 Å². The Morgan fingerprint density at radius 3 is 2.84 bits per heavy atom. The van der Waals surface area contributed by atoms with E-state index in [4.69, 9.17) is 0 Å². The van der Waals surface area contributed by atoms with Gasteiger partial charge in [0.15, 0.2) is 0 Å². The van der Waals surface area contributed by atoms with Crippen LogP contribution >= 0.6 is 0 Å². The highest BCUT2D eigenvalue weighted by molar-refractivity contribution is 5.99. The van der Waals surface area contributed by atoms with Crippen molar-refractivity contribution in [2.75, 3.05) is 13.1 Å². The van der Waals surface area contributed by atoms with E-state index in [0.29, 0.717) is 16.8 Å². The zero-order valence-corrected chi connectivity index (χ0v) is 10.4. The number of carbonyl (C=O) groups is 1. The summed E-state index contributed by atoms with van der Waals surface area (Å²) in [7, 11) is 0. The van der Waals surface area contributed by atoms with E-state index in [1.54, 1.807) is 12.1 Å². The summed E-state index contributed by atoms with van der Waals surface area (Å²) in [6.45, 7) is 1.57. The van der Waals surface area contributed by atoms with Crippen LogP contribution in [-0.2, 0) is 0 Å². The highest BCUT2D eigenvalue weighted by Gasteiger charge is 2.23. The monoisotopic (exact) mass is 259 g/mol. The molecular weight excluding hydrogens is 245 g/mol. The van der Waals surface area contributed by atoms with E-state index in [-0.39, 0.29) is 11.7 Å². The number of hydrogen-bond donors (Lipinski definition) is 1. The molecule has 0 saturated carbocycles. The molecule has 0 bridgehead atoms. The van der Waals surface area contributed by atoms with Gasteiger partial charge in [-0.05, 0) is 25.0 Å². The van der Waals surface area contributed by atoms with Gasteiger partial charge in [0.25, 0.3) is 5.91 Å². The van der Waals surface area contributed by atoms with Crippen LogP contribution in [0, 0.1) is 5.82 Å². The minimum absolute atomic E-state index is 0.0366. The number of nitrogens with zero attached hydrogens (tertiary/aromatic N) is 2. The van der Waals surface area contributed by atoms with Gasteiger partial charge in [0.2, 0.25) is 0 Å². The van der Waals surface area contributed by atoms with Crippen molar-refractivity contribution in [2.24, 2.45) is 0 Å². The molecule has 1 N–H and O–H groups in total. The summed E-state index contributed by atoms with van der Waals surface area (Å²) in [4.78, 5) is 14.2. The molecule has 1 saturated heterocycles. The largest absolute Gasteiger partial charge is 0.339 e. The number of benzene rings is 1. The molecule has 0 spiro atoms. The first kappa shape index (κ1) is 11.9. The van der Waals surface area contributed by atoms with Crippen molar-refractivity contribution in [3.63, 3.8) is 0 Å². The van der Waals surface area contributed by atoms with E-state index in [9.17, 15) is 9.18 Å². The molecule has 4 nitrogen and oxygen atoms in total. The normalized spacial score (nSPS) is 14.9. The first-order valence-corrected chi connectivity index (χ1v) is 6.34. The number of H-pyrrole nitrogens is 1. The molecule has 1 aromatic carbocycles. The standard InChI is InChI=1S/C14H14FN3O/c15-11-5-3-4-10(8-11)13-12(9-16-17-13)14(19)18-6-1-2-7-18/h3-5,8-9H,1-2,6-7H2,(H,16,17). The summed E-state index contributed by atoms with van der Waals surface area (Å²) < 4.78 is 13.3. The van der Waals surface area contributed by atoms with Gasteiger partial charge in [-0.3, -0.25) is 9.89 Å². The number of rotatable bonds is 2. The van der Waals surface area contributed by atoms with E-state index in [2.05, 4.69) is 10.2 Å².